The molecule has 0 spiro atoms. The lowest BCUT2D eigenvalue weighted by atomic mass is 10.2. The van der Waals surface area contributed by atoms with E-state index in [1.807, 2.05) is 40.5 Å². The van der Waals surface area contributed by atoms with Crippen molar-refractivity contribution < 1.29 is 4.74 Å². The maximum Gasteiger partial charge on any atom is 0.163 e. The maximum atomic E-state index is 5.93. The molecule has 1 aliphatic heterocycles. The summed E-state index contributed by atoms with van der Waals surface area (Å²) in [4.78, 5) is 11.3. The summed E-state index contributed by atoms with van der Waals surface area (Å²) in [5, 5.41) is 8.25. The Balaban J connectivity index is 1.59. The molecular formula is C17H21N7O. The van der Waals surface area contributed by atoms with Crippen LogP contribution in [0.2, 0.25) is 0 Å². The Hall–Kier alpha value is -2.74. The quantitative estimate of drug-likeness (QED) is 0.721. The van der Waals surface area contributed by atoms with Gasteiger partial charge in [0.2, 0.25) is 0 Å². The average Bonchev–Trinajstić information content (AvgIpc) is 3.30. The van der Waals surface area contributed by atoms with E-state index in [0.29, 0.717) is 13.2 Å². The van der Waals surface area contributed by atoms with Crippen molar-refractivity contribution >= 4 is 5.82 Å². The standard InChI is InChI=1S/C17H21N7O/c1-3-22-12-19-21-17(22)14-11-23(9-10-25-14)15-5-4-6-16(20-15)24-8-7-18-13(24)2/h4-8,12,14H,3,9-11H2,1-2H3. The predicted molar refractivity (Wildman–Crippen MR) is 92.7 cm³/mol. The highest BCUT2D eigenvalue weighted by atomic mass is 16.5. The first-order chi connectivity index (χ1) is 12.3. The maximum absolute atomic E-state index is 5.93. The summed E-state index contributed by atoms with van der Waals surface area (Å²) in [5.74, 6) is 3.59. The van der Waals surface area contributed by atoms with Crippen molar-refractivity contribution in [3.05, 3.63) is 48.6 Å². The molecule has 130 valence electrons. The van der Waals surface area contributed by atoms with Crippen LogP contribution in [-0.4, -0.2) is 49.0 Å². The molecule has 8 nitrogen and oxygen atoms in total. The van der Waals surface area contributed by atoms with E-state index in [-0.39, 0.29) is 6.10 Å². The van der Waals surface area contributed by atoms with Crippen LogP contribution in [0.5, 0.6) is 0 Å². The van der Waals surface area contributed by atoms with Crippen LogP contribution in [0.25, 0.3) is 5.82 Å². The number of imidazole rings is 1. The van der Waals surface area contributed by atoms with E-state index in [9.17, 15) is 0 Å². The first-order valence-corrected chi connectivity index (χ1v) is 8.48. The molecular weight excluding hydrogens is 318 g/mol. The Kier molecular flexibility index (Phi) is 4.19. The van der Waals surface area contributed by atoms with Gasteiger partial charge in [0.15, 0.2) is 5.82 Å². The third-order valence-electron chi connectivity index (χ3n) is 4.46. The molecule has 0 aromatic carbocycles. The molecule has 4 rings (SSSR count). The van der Waals surface area contributed by atoms with Crippen molar-refractivity contribution in [3.8, 4) is 5.82 Å². The number of hydrogen-bond acceptors (Lipinski definition) is 6. The van der Waals surface area contributed by atoms with Gasteiger partial charge in [0.1, 0.15) is 29.9 Å². The van der Waals surface area contributed by atoms with Gasteiger partial charge in [-0.25, -0.2) is 9.97 Å². The largest absolute Gasteiger partial charge is 0.366 e. The zero-order valence-electron chi connectivity index (χ0n) is 14.4. The van der Waals surface area contributed by atoms with Crippen LogP contribution in [0, 0.1) is 6.92 Å². The number of aryl methyl sites for hydroxylation is 2. The van der Waals surface area contributed by atoms with Gasteiger partial charge in [-0.1, -0.05) is 6.07 Å². The Morgan fingerprint density at radius 2 is 2.16 bits per heavy atom. The Bertz CT molecular complexity index is 856. The van der Waals surface area contributed by atoms with E-state index in [1.54, 1.807) is 12.5 Å². The third-order valence-corrected chi connectivity index (χ3v) is 4.46. The van der Waals surface area contributed by atoms with Gasteiger partial charge in [-0.2, -0.15) is 0 Å². The second-order valence-corrected chi connectivity index (χ2v) is 5.98. The molecule has 0 saturated carbocycles. The molecule has 25 heavy (non-hydrogen) atoms. The summed E-state index contributed by atoms with van der Waals surface area (Å²) in [7, 11) is 0. The van der Waals surface area contributed by atoms with Crippen LogP contribution in [-0.2, 0) is 11.3 Å². The molecule has 4 heterocycles. The summed E-state index contributed by atoms with van der Waals surface area (Å²) >= 11 is 0. The van der Waals surface area contributed by atoms with Crippen molar-refractivity contribution in [1.82, 2.24) is 29.3 Å². The van der Waals surface area contributed by atoms with E-state index >= 15 is 0 Å². The van der Waals surface area contributed by atoms with Gasteiger partial charge in [0.05, 0.1) is 13.2 Å². The monoisotopic (exact) mass is 339 g/mol. The van der Waals surface area contributed by atoms with Gasteiger partial charge in [-0.3, -0.25) is 4.57 Å². The first-order valence-electron chi connectivity index (χ1n) is 8.48. The fourth-order valence-electron chi connectivity index (χ4n) is 3.11. The number of anilines is 1. The average molecular weight is 339 g/mol. The summed E-state index contributed by atoms with van der Waals surface area (Å²) in [6.45, 7) is 7.02. The van der Waals surface area contributed by atoms with Crippen molar-refractivity contribution in [2.45, 2.75) is 26.5 Å². The number of aromatic nitrogens is 6. The number of ether oxygens (including phenoxy) is 1. The first kappa shape index (κ1) is 15.8. The van der Waals surface area contributed by atoms with E-state index in [1.165, 1.54) is 0 Å². The Morgan fingerprint density at radius 1 is 1.28 bits per heavy atom. The number of pyridine rings is 1. The third kappa shape index (κ3) is 3.00. The Morgan fingerprint density at radius 3 is 2.96 bits per heavy atom. The highest BCUT2D eigenvalue weighted by molar-refractivity contribution is 5.43. The number of hydrogen-bond donors (Lipinski definition) is 0. The number of rotatable bonds is 4. The zero-order chi connectivity index (χ0) is 17.2. The summed E-state index contributed by atoms with van der Waals surface area (Å²) in [6.07, 6.45) is 5.36. The molecule has 8 heteroatoms. The molecule has 3 aromatic rings. The highest BCUT2D eigenvalue weighted by Gasteiger charge is 2.26. The molecule has 1 saturated heterocycles. The van der Waals surface area contributed by atoms with Gasteiger partial charge in [0.25, 0.3) is 0 Å². The summed E-state index contributed by atoms with van der Waals surface area (Å²) in [5.41, 5.74) is 0. The fourth-order valence-corrected chi connectivity index (χ4v) is 3.11. The van der Waals surface area contributed by atoms with Crippen LogP contribution in [0.15, 0.2) is 36.9 Å². The molecule has 1 atom stereocenters. The van der Waals surface area contributed by atoms with Gasteiger partial charge >= 0.3 is 0 Å². The van der Waals surface area contributed by atoms with Crippen LogP contribution >= 0.6 is 0 Å². The smallest absolute Gasteiger partial charge is 0.163 e. The fraction of sp³-hybridized carbons (Fsp3) is 0.412. The molecule has 1 fully saturated rings. The van der Waals surface area contributed by atoms with Crippen molar-refractivity contribution in [2.75, 3.05) is 24.6 Å². The topological polar surface area (TPSA) is 73.9 Å². The predicted octanol–water partition coefficient (Wildman–Crippen LogP) is 1.77. The number of morpholine rings is 1. The van der Waals surface area contributed by atoms with E-state index in [4.69, 9.17) is 9.72 Å². The lowest BCUT2D eigenvalue weighted by Crippen LogP contribution is -2.39. The van der Waals surface area contributed by atoms with Crippen molar-refractivity contribution in [1.29, 1.82) is 0 Å². The molecule has 0 radical (unpaired) electrons. The van der Waals surface area contributed by atoms with Crippen LogP contribution < -0.4 is 4.90 Å². The molecule has 0 amide bonds. The summed E-state index contributed by atoms with van der Waals surface area (Å²) in [6, 6.07) is 6.04. The molecule has 0 bridgehead atoms. The van der Waals surface area contributed by atoms with Gasteiger partial charge in [-0.05, 0) is 26.0 Å². The second kappa shape index (κ2) is 6.64. The van der Waals surface area contributed by atoms with Gasteiger partial charge in [-0.15, -0.1) is 10.2 Å². The SMILES string of the molecule is CCn1cnnc1C1CN(c2cccc(-n3ccnc3C)n2)CCO1. The lowest BCUT2D eigenvalue weighted by Gasteiger charge is -2.33. The molecule has 0 N–H and O–H groups in total. The molecule has 0 aliphatic carbocycles. The van der Waals surface area contributed by atoms with E-state index in [2.05, 4.69) is 27.0 Å². The van der Waals surface area contributed by atoms with Gasteiger partial charge in [0, 0.05) is 25.5 Å². The van der Waals surface area contributed by atoms with Crippen LogP contribution in [0.4, 0.5) is 5.82 Å². The minimum atomic E-state index is -0.100. The van der Waals surface area contributed by atoms with E-state index in [0.717, 1.165) is 36.4 Å². The number of nitrogens with zero attached hydrogens (tertiary/aromatic N) is 7. The second-order valence-electron chi connectivity index (χ2n) is 5.98. The van der Waals surface area contributed by atoms with Crippen LogP contribution in [0.3, 0.4) is 0 Å². The molecule has 1 aliphatic rings. The molecule has 3 aromatic heterocycles. The lowest BCUT2D eigenvalue weighted by molar-refractivity contribution is 0.0313. The zero-order valence-corrected chi connectivity index (χ0v) is 14.4. The minimum Gasteiger partial charge on any atom is -0.366 e. The van der Waals surface area contributed by atoms with Crippen LogP contribution in [0.1, 0.15) is 24.7 Å². The summed E-state index contributed by atoms with van der Waals surface area (Å²) < 4.78 is 9.93. The normalized spacial score (nSPS) is 17.8. The van der Waals surface area contributed by atoms with Crippen molar-refractivity contribution in [2.24, 2.45) is 0 Å². The Labute approximate surface area is 146 Å². The van der Waals surface area contributed by atoms with Gasteiger partial charge < -0.3 is 14.2 Å². The minimum absolute atomic E-state index is 0.100. The molecule has 1 unspecified atom stereocenters. The highest BCUT2D eigenvalue weighted by Crippen LogP contribution is 2.24. The van der Waals surface area contributed by atoms with Crippen molar-refractivity contribution in [3.63, 3.8) is 0 Å². The van der Waals surface area contributed by atoms with E-state index < -0.39 is 0 Å².